The van der Waals surface area contributed by atoms with Crippen LogP contribution >= 0.6 is 0 Å². The summed E-state index contributed by atoms with van der Waals surface area (Å²) in [6.45, 7) is 8.82. The van der Waals surface area contributed by atoms with Gasteiger partial charge in [0.15, 0.2) is 0 Å². The first-order valence-corrected chi connectivity index (χ1v) is 8.36. The van der Waals surface area contributed by atoms with Gasteiger partial charge in [-0.05, 0) is 30.2 Å². The van der Waals surface area contributed by atoms with Gasteiger partial charge in [-0.3, -0.25) is 9.80 Å². The van der Waals surface area contributed by atoms with E-state index in [1.165, 1.54) is 16.7 Å². The van der Waals surface area contributed by atoms with Crippen LogP contribution in [0.3, 0.4) is 0 Å². The van der Waals surface area contributed by atoms with Crippen LogP contribution in [0, 0.1) is 6.92 Å². The number of ether oxygens (including phenoxy) is 1. The lowest BCUT2D eigenvalue weighted by Gasteiger charge is -2.34. The summed E-state index contributed by atoms with van der Waals surface area (Å²) >= 11 is 0. The van der Waals surface area contributed by atoms with Crippen LogP contribution in [0.15, 0.2) is 48.5 Å². The molecule has 0 unspecified atom stereocenters. The molecule has 0 aliphatic carbocycles. The van der Waals surface area contributed by atoms with Gasteiger partial charge in [0, 0.05) is 39.3 Å². The van der Waals surface area contributed by atoms with Gasteiger partial charge in [-0.1, -0.05) is 42.0 Å². The van der Waals surface area contributed by atoms with E-state index >= 15 is 0 Å². The van der Waals surface area contributed by atoms with Crippen LogP contribution in [0.25, 0.3) is 0 Å². The smallest absolute Gasteiger partial charge is 0.118 e. The summed E-state index contributed by atoms with van der Waals surface area (Å²) in [6.07, 6.45) is 0. The molecule has 23 heavy (non-hydrogen) atoms. The Hall–Kier alpha value is -1.84. The van der Waals surface area contributed by atoms with Gasteiger partial charge in [-0.15, -0.1) is 0 Å². The van der Waals surface area contributed by atoms with E-state index in [1.807, 2.05) is 12.1 Å². The maximum Gasteiger partial charge on any atom is 0.118 e. The van der Waals surface area contributed by atoms with Gasteiger partial charge in [-0.2, -0.15) is 0 Å². The van der Waals surface area contributed by atoms with Crippen molar-refractivity contribution in [1.29, 1.82) is 0 Å². The molecule has 122 valence electrons. The van der Waals surface area contributed by atoms with Crippen LogP contribution in [0.4, 0.5) is 0 Å². The third-order valence-electron chi connectivity index (χ3n) is 4.52. The van der Waals surface area contributed by atoms with E-state index in [1.54, 1.807) is 7.11 Å². The maximum absolute atomic E-state index is 5.22. The quantitative estimate of drug-likeness (QED) is 0.842. The van der Waals surface area contributed by atoms with E-state index in [0.29, 0.717) is 0 Å². The number of methoxy groups -OCH3 is 1. The molecule has 2 aromatic carbocycles. The van der Waals surface area contributed by atoms with Crippen molar-refractivity contribution in [2.75, 3.05) is 33.3 Å². The highest BCUT2D eigenvalue weighted by Gasteiger charge is 2.17. The lowest BCUT2D eigenvalue weighted by atomic mass is 10.1. The molecule has 0 saturated carbocycles. The van der Waals surface area contributed by atoms with Crippen LogP contribution in [0.5, 0.6) is 5.75 Å². The predicted octanol–water partition coefficient (Wildman–Crippen LogP) is 3.32. The van der Waals surface area contributed by atoms with Gasteiger partial charge in [0.05, 0.1) is 7.11 Å². The Bertz CT molecular complexity index is 616. The van der Waals surface area contributed by atoms with Crippen LogP contribution in [-0.2, 0) is 13.1 Å². The van der Waals surface area contributed by atoms with Crippen molar-refractivity contribution >= 4 is 0 Å². The molecule has 0 atom stereocenters. The van der Waals surface area contributed by atoms with E-state index in [4.69, 9.17) is 4.74 Å². The van der Waals surface area contributed by atoms with Gasteiger partial charge in [0.25, 0.3) is 0 Å². The normalized spacial score (nSPS) is 16.4. The summed E-state index contributed by atoms with van der Waals surface area (Å²) in [5.41, 5.74) is 4.13. The molecule has 0 amide bonds. The van der Waals surface area contributed by atoms with Crippen molar-refractivity contribution in [3.05, 3.63) is 65.2 Å². The SMILES string of the molecule is COc1ccc(CN2CCN(Cc3cccc(C)c3)CC2)cc1. The molecule has 3 nitrogen and oxygen atoms in total. The Balaban J connectivity index is 1.48. The number of hydrogen-bond acceptors (Lipinski definition) is 3. The number of aryl methyl sites for hydroxylation is 1. The number of piperazine rings is 1. The zero-order valence-electron chi connectivity index (χ0n) is 14.2. The molecule has 1 fully saturated rings. The molecule has 1 heterocycles. The second kappa shape index (κ2) is 7.62. The first-order chi connectivity index (χ1) is 11.2. The van der Waals surface area contributed by atoms with Gasteiger partial charge < -0.3 is 4.74 Å². The molecule has 0 bridgehead atoms. The fraction of sp³-hybridized carbons (Fsp3) is 0.400. The third kappa shape index (κ3) is 4.57. The molecule has 1 aliphatic rings. The minimum Gasteiger partial charge on any atom is -0.497 e. The van der Waals surface area contributed by atoms with Crippen molar-refractivity contribution in [3.8, 4) is 5.75 Å². The monoisotopic (exact) mass is 310 g/mol. The van der Waals surface area contributed by atoms with Gasteiger partial charge >= 0.3 is 0 Å². The molecule has 0 radical (unpaired) electrons. The van der Waals surface area contributed by atoms with E-state index in [9.17, 15) is 0 Å². The van der Waals surface area contributed by atoms with Crippen LogP contribution in [-0.4, -0.2) is 43.1 Å². The topological polar surface area (TPSA) is 15.7 Å². The number of hydrogen-bond donors (Lipinski definition) is 0. The van der Waals surface area contributed by atoms with Crippen molar-refractivity contribution in [1.82, 2.24) is 9.80 Å². The van der Waals surface area contributed by atoms with E-state index < -0.39 is 0 Å². The summed E-state index contributed by atoms with van der Waals surface area (Å²) in [6, 6.07) is 17.3. The summed E-state index contributed by atoms with van der Waals surface area (Å²) < 4.78 is 5.22. The minimum atomic E-state index is 0.928. The van der Waals surface area contributed by atoms with E-state index in [0.717, 1.165) is 45.0 Å². The van der Waals surface area contributed by atoms with Crippen molar-refractivity contribution in [2.45, 2.75) is 20.0 Å². The molecule has 1 aliphatic heterocycles. The summed E-state index contributed by atoms with van der Waals surface area (Å²) in [5.74, 6) is 0.928. The summed E-state index contributed by atoms with van der Waals surface area (Å²) in [7, 11) is 1.71. The average Bonchev–Trinajstić information content (AvgIpc) is 2.57. The standard InChI is InChI=1S/C20H26N2O/c1-17-4-3-5-19(14-17)16-22-12-10-21(11-13-22)15-18-6-8-20(23-2)9-7-18/h3-9,14H,10-13,15-16H2,1-2H3. The second-order valence-electron chi connectivity index (χ2n) is 6.39. The largest absolute Gasteiger partial charge is 0.497 e. The zero-order valence-corrected chi connectivity index (χ0v) is 14.2. The Morgan fingerprint density at radius 2 is 1.43 bits per heavy atom. The number of nitrogens with zero attached hydrogens (tertiary/aromatic N) is 2. The second-order valence-corrected chi connectivity index (χ2v) is 6.39. The van der Waals surface area contributed by atoms with Crippen molar-refractivity contribution in [3.63, 3.8) is 0 Å². The van der Waals surface area contributed by atoms with Gasteiger partial charge in [0.1, 0.15) is 5.75 Å². The highest BCUT2D eigenvalue weighted by Crippen LogP contribution is 2.15. The molecule has 0 spiro atoms. The molecule has 0 aromatic heterocycles. The Morgan fingerprint density at radius 3 is 2.00 bits per heavy atom. The highest BCUT2D eigenvalue weighted by molar-refractivity contribution is 5.27. The van der Waals surface area contributed by atoms with Crippen LogP contribution < -0.4 is 4.74 Å². The van der Waals surface area contributed by atoms with Crippen molar-refractivity contribution < 1.29 is 4.74 Å². The Morgan fingerprint density at radius 1 is 0.826 bits per heavy atom. The third-order valence-corrected chi connectivity index (χ3v) is 4.52. The number of rotatable bonds is 5. The van der Waals surface area contributed by atoms with E-state index in [-0.39, 0.29) is 0 Å². The lowest BCUT2D eigenvalue weighted by molar-refractivity contribution is 0.122. The fourth-order valence-corrected chi connectivity index (χ4v) is 3.16. The Kier molecular flexibility index (Phi) is 5.31. The molecule has 1 saturated heterocycles. The van der Waals surface area contributed by atoms with E-state index in [2.05, 4.69) is 53.1 Å². The molecule has 0 N–H and O–H groups in total. The fourth-order valence-electron chi connectivity index (χ4n) is 3.16. The van der Waals surface area contributed by atoms with Gasteiger partial charge in [-0.25, -0.2) is 0 Å². The highest BCUT2D eigenvalue weighted by atomic mass is 16.5. The predicted molar refractivity (Wildman–Crippen MR) is 94.7 cm³/mol. The molecular weight excluding hydrogens is 284 g/mol. The first-order valence-electron chi connectivity index (χ1n) is 8.36. The first kappa shape index (κ1) is 16.0. The summed E-state index contributed by atoms with van der Waals surface area (Å²) in [5, 5.41) is 0. The molecule has 3 rings (SSSR count). The summed E-state index contributed by atoms with van der Waals surface area (Å²) in [4.78, 5) is 5.09. The minimum absolute atomic E-state index is 0.928. The molecular formula is C20H26N2O. The van der Waals surface area contributed by atoms with Crippen LogP contribution in [0.2, 0.25) is 0 Å². The molecule has 2 aromatic rings. The Labute approximate surface area is 139 Å². The maximum atomic E-state index is 5.22. The van der Waals surface area contributed by atoms with Gasteiger partial charge in [0.2, 0.25) is 0 Å². The van der Waals surface area contributed by atoms with Crippen LogP contribution in [0.1, 0.15) is 16.7 Å². The zero-order chi connectivity index (χ0) is 16.1. The average molecular weight is 310 g/mol. The number of benzene rings is 2. The van der Waals surface area contributed by atoms with Crippen molar-refractivity contribution in [2.24, 2.45) is 0 Å². The molecule has 3 heteroatoms. The lowest BCUT2D eigenvalue weighted by Crippen LogP contribution is -2.45.